The number of amides is 1. The molecule has 0 saturated carbocycles. The van der Waals surface area contributed by atoms with Crippen molar-refractivity contribution in [3.63, 3.8) is 0 Å². The Kier molecular flexibility index (Phi) is 5.71. The van der Waals surface area contributed by atoms with Crippen LogP contribution in [0.4, 0.5) is 0 Å². The second-order valence-electron chi connectivity index (χ2n) is 4.89. The number of carbonyl (C=O) groups excluding carboxylic acids is 1. The number of aryl methyl sites for hydroxylation is 1. The van der Waals surface area contributed by atoms with E-state index in [2.05, 4.69) is 10.3 Å². The monoisotopic (exact) mass is 321 g/mol. The number of hydrogen-bond acceptors (Lipinski definition) is 4. The maximum absolute atomic E-state index is 12.0. The summed E-state index contributed by atoms with van der Waals surface area (Å²) in [7, 11) is -3.39. The molecule has 118 valence electrons. The highest BCUT2D eigenvalue weighted by Gasteiger charge is 2.15. The van der Waals surface area contributed by atoms with Gasteiger partial charge in [0.25, 0.3) is 0 Å². The fourth-order valence-corrected chi connectivity index (χ4v) is 3.23. The van der Waals surface area contributed by atoms with Gasteiger partial charge in [0.1, 0.15) is 0 Å². The van der Waals surface area contributed by atoms with Gasteiger partial charge in [-0.1, -0.05) is 18.2 Å². The summed E-state index contributed by atoms with van der Waals surface area (Å²) in [6.45, 7) is 1.28. The fraction of sp³-hybridized carbons (Fsp3) is 0.333. The van der Waals surface area contributed by atoms with E-state index in [1.807, 2.05) is 10.8 Å². The van der Waals surface area contributed by atoms with Crippen LogP contribution in [-0.2, 0) is 21.2 Å². The molecule has 22 heavy (non-hydrogen) atoms. The molecule has 2 aromatic rings. The van der Waals surface area contributed by atoms with Crippen LogP contribution < -0.4 is 5.32 Å². The Hall–Kier alpha value is -2.15. The number of sulfone groups is 1. The summed E-state index contributed by atoms with van der Waals surface area (Å²) >= 11 is 0. The minimum atomic E-state index is -3.39. The summed E-state index contributed by atoms with van der Waals surface area (Å²) in [6, 6.07) is 8.18. The summed E-state index contributed by atoms with van der Waals surface area (Å²) in [5.74, 6) is -0.421. The molecule has 1 heterocycles. The Morgan fingerprint density at radius 3 is 2.68 bits per heavy atom. The van der Waals surface area contributed by atoms with Crippen LogP contribution in [0.25, 0.3) is 0 Å². The summed E-state index contributed by atoms with van der Waals surface area (Å²) in [5, 5.41) is 2.73. The third-order valence-electron chi connectivity index (χ3n) is 3.17. The van der Waals surface area contributed by atoms with Crippen molar-refractivity contribution in [2.45, 2.75) is 24.3 Å². The number of imidazole rings is 1. The average Bonchev–Trinajstić information content (AvgIpc) is 3.04. The van der Waals surface area contributed by atoms with Gasteiger partial charge >= 0.3 is 0 Å². The zero-order chi connectivity index (χ0) is 15.8. The Morgan fingerprint density at radius 1 is 1.23 bits per heavy atom. The van der Waals surface area contributed by atoms with E-state index in [0.717, 1.165) is 13.0 Å². The van der Waals surface area contributed by atoms with Gasteiger partial charge in [0.05, 0.1) is 17.0 Å². The molecule has 1 aromatic heterocycles. The molecule has 0 aliphatic carbocycles. The topological polar surface area (TPSA) is 81.1 Å². The molecule has 0 bridgehead atoms. The van der Waals surface area contributed by atoms with Crippen molar-refractivity contribution in [2.75, 3.05) is 12.3 Å². The predicted octanol–water partition coefficient (Wildman–Crippen LogP) is 1.25. The van der Waals surface area contributed by atoms with Gasteiger partial charge in [-0.3, -0.25) is 4.79 Å². The molecule has 0 atom stereocenters. The molecule has 1 N–H and O–H groups in total. The zero-order valence-electron chi connectivity index (χ0n) is 12.2. The summed E-state index contributed by atoms with van der Waals surface area (Å²) < 4.78 is 26.0. The Morgan fingerprint density at radius 2 is 2.00 bits per heavy atom. The highest BCUT2D eigenvalue weighted by Crippen LogP contribution is 2.10. The molecule has 7 heteroatoms. The van der Waals surface area contributed by atoms with E-state index < -0.39 is 9.84 Å². The largest absolute Gasteiger partial charge is 0.356 e. The Labute approximate surface area is 130 Å². The third-order valence-corrected chi connectivity index (χ3v) is 4.91. The lowest BCUT2D eigenvalue weighted by Gasteiger charge is -2.07. The maximum Gasteiger partial charge on any atom is 0.221 e. The zero-order valence-corrected chi connectivity index (χ0v) is 13.0. The number of nitrogens with zero attached hydrogens (tertiary/aromatic N) is 2. The normalized spacial score (nSPS) is 11.3. The van der Waals surface area contributed by atoms with Crippen LogP contribution in [0.2, 0.25) is 0 Å². The van der Waals surface area contributed by atoms with Gasteiger partial charge in [-0.15, -0.1) is 0 Å². The number of nitrogens with one attached hydrogen (secondary N) is 1. The van der Waals surface area contributed by atoms with Crippen LogP contribution in [-0.4, -0.2) is 36.2 Å². The van der Waals surface area contributed by atoms with E-state index in [1.54, 1.807) is 42.9 Å². The van der Waals surface area contributed by atoms with Crippen LogP contribution in [0.15, 0.2) is 53.9 Å². The first-order valence-electron chi connectivity index (χ1n) is 7.08. The lowest BCUT2D eigenvalue weighted by molar-refractivity contribution is -0.120. The smallest absolute Gasteiger partial charge is 0.221 e. The number of hydrogen-bond donors (Lipinski definition) is 1. The van der Waals surface area contributed by atoms with E-state index in [1.165, 1.54) is 0 Å². The molecule has 0 aliphatic rings. The number of carbonyl (C=O) groups is 1. The van der Waals surface area contributed by atoms with Crippen molar-refractivity contribution in [1.82, 2.24) is 14.9 Å². The van der Waals surface area contributed by atoms with E-state index in [4.69, 9.17) is 0 Å². The van der Waals surface area contributed by atoms with E-state index in [0.29, 0.717) is 6.54 Å². The van der Waals surface area contributed by atoms with Gasteiger partial charge < -0.3 is 9.88 Å². The number of rotatable bonds is 8. The minimum Gasteiger partial charge on any atom is -0.356 e. The molecule has 0 saturated heterocycles. The van der Waals surface area contributed by atoms with Gasteiger partial charge in [0.15, 0.2) is 9.84 Å². The van der Waals surface area contributed by atoms with Crippen LogP contribution >= 0.6 is 0 Å². The second kappa shape index (κ2) is 7.74. The molecule has 2 rings (SSSR count). The molecule has 0 aliphatic heterocycles. The maximum atomic E-state index is 12.0. The van der Waals surface area contributed by atoms with Crippen molar-refractivity contribution in [2.24, 2.45) is 0 Å². The molecule has 0 radical (unpaired) electrons. The van der Waals surface area contributed by atoms with Gasteiger partial charge in [0, 0.05) is 31.9 Å². The van der Waals surface area contributed by atoms with E-state index in [9.17, 15) is 13.2 Å². The number of benzene rings is 1. The van der Waals surface area contributed by atoms with Gasteiger partial charge in [-0.05, 0) is 18.6 Å². The van der Waals surface area contributed by atoms with E-state index in [-0.39, 0.29) is 23.0 Å². The Bertz CT molecular complexity index is 682. The Balaban J connectivity index is 1.69. The third kappa shape index (κ3) is 5.00. The van der Waals surface area contributed by atoms with Crippen molar-refractivity contribution < 1.29 is 13.2 Å². The minimum absolute atomic E-state index is 0.0255. The molecular weight excluding hydrogens is 302 g/mol. The van der Waals surface area contributed by atoms with Gasteiger partial charge in [-0.2, -0.15) is 0 Å². The molecule has 6 nitrogen and oxygen atoms in total. The summed E-state index contributed by atoms with van der Waals surface area (Å²) in [4.78, 5) is 15.9. The molecule has 0 fully saturated rings. The van der Waals surface area contributed by atoms with Crippen LogP contribution in [0.1, 0.15) is 12.8 Å². The quantitative estimate of drug-likeness (QED) is 0.742. The number of aromatic nitrogens is 2. The van der Waals surface area contributed by atoms with Crippen LogP contribution in [0.5, 0.6) is 0 Å². The van der Waals surface area contributed by atoms with Gasteiger partial charge in [0.2, 0.25) is 5.91 Å². The van der Waals surface area contributed by atoms with Crippen molar-refractivity contribution in [1.29, 1.82) is 0 Å². The standard InChI is InChI=1S/C15H19N3O3S/c19-15(17-8-4-10-18-11-9-16-13-18)7-12-22(20,21)14-5-2-1-3-6-14/h1-3,5-6,9,11,13H,4,7-8,10,12H2,(H,17,19). The highest BCUT2D eigenvalue weighted by molar-refractivity contribution is 7.91. The lowest BCUT2D eigenvalue weighted by Crippen LogP contribution is -2.27. The molecule has 1 aromatic carbocycles. The van der Waals surface area contributed by atoms with Gasteiger partial charge in [-0.25, -0.2) is 13.4 Å². The molecule has 1 amide bonds. The first-order chi connectivity index (χ1) is 10.6. The lowest BCUT2D eigenvalue weighted by atomic mass is 10.4. The first kappa shape index (κ1) is 16.2. The van der Waals surface area contributed by atoms with E-state index >= 15 is 0 Å². The second-order valence-corrected chi connectivity index (χ2v) is 7.00. The van der Waals surface area contributed by atoms with Crippen molar-refractivity contribution in [3.8, 4) is 0 Å². The highest BCUT2D eigenvalue weighted by atomic mass is 32.2. The predicted molar refractivity (Wildman–Crippen MR) is 83.0 cm³/mol. The molecule has 0 unspecified atom stereocenters. The van der Waals surface area contributed by atoms with Crippen LogP contribution in [0, 0.1) is 0 Å². The summed E-state index contributed by atoms with van der Waals surface area (Å²) in [6.07, 6.45) is 6.02. The van der Waals surface area contributed by atoms with Crippen molar-refractivity contribution in [3.05, 3.63) is 49.1 Å². The molecular formula is C15H19N3O3S. The molecule has 0 spiro atoms. The first-order valence-corrected chi connectivity index (χ1v) is 8.73. The van der Waals surface area contributed by atoms with Crippen molar-refractivity contribution >= 4 is 15.7 Å². The van der Waals surface area contributed by atoms with Crippen LogP contribution in [0.3, 0.4) is 0 Å². The SMILES string of the molecule is O=C(CCS(=O)(=O)c1ccccc1)NCCCn1ccnc1. The average molecular weight is 321 g/mol. The summed E-state index contributed by atoms with van der Waals surface area (Å²) in [5.41, 5.74) is 0. The fourth-order valence-electron chi connectivity index (χ4n) is 1.97.